The molecule has 0 radical (unpaired) electrons. The van der Waals surface area contributed by atoms with E-state index in [9.17, 15) is 13.5 Å². The van der Waals surface area contributed by atoms with Crippen molar-refractivity contribution in [2.45, 2.75) is 43.5 Å². The van der Waals surface area contributed by atoms with E-state index in [-0.39, 0.29) is 30.7 Å². The van der Waals surface area contributed by atoms with E-state index < -0.39 is 10.0 Å². The number of nitrogens with zero attached hydrogens (tertiary/aromatic N) is 2. The molecule has 1 aliphatic carbocycles. The highest BCUT2D eigenvalue weighted by Gasteiger charge is 2.38. The van der Waals surface area contributed by atoms with Crippen molar-refractivity contribution in [1.29, 1.82) is 0 Å². The summed E-state index contributed by atoms with van der Waals surface area (Å²) in [4.78, 5) is 4.53. The zero-order valence-corrected chi connectivity index (χ0v) is 20.1. The van der Waals surface area contributed by atoms with E-state index >= 15 is 0 Å². The molecular weight excluding hydrogens is 464 g/mol. The molecule has 0 saturated heterocycles. The highest BCUT2D eigenvalue weighted by Crippen LogP contribution is 2.38. The molecule has 1 fully saturated rings. The molecule has 1 aliphatic rings. The summed E-state index contributed by atoms with van der Waals surface area (Å²) in [6.07, 6.45) is 1.64. The predicted molar refractivity (Wildman–Crippen MR) is 124 cm³/mol. The number of hydrogen-bond acceptors (Lipinski definition) is 8. The van der Waals surface area contributed by atoms with Crippen LogP contribution in [0.1, 0.15) is 29.1 Å². The highest BCUT2D eigenvalue weighted by molar-refractivity contribution is 7.89. The molecule has 0 amide bonds. The smallest absolute Gasteiger partial charge is 0.243 e. The Morgan fingerprint density at radius 3 is 2.48 bits per heavy atom. The molecule has 1 N–H and O–H groups in total. The standard InChI is InChI=1S/C23H26N2O6S2/c1-29-19-8-10-20(11-9-19)33(27,28)25(18-6-7-18)12-16-4-3-5-21(30-2)23(16)31-14-22-24-17(13-26)15-32-22/h3-5,8-11,15,18,26H,6-7,12-14H2,1-2H3. The summed E-state index contributed by atoms with van der Waals surface area (Å²) in [5.74, 6) is 1.60. The largest absolute Gasteiger partial charge is 0.497 e. The first-order valence-corrected chi connectivity index (χ1v) is 12.8. The maximum absolute atomic E-state index is 13.5. The van der Waals surface area contributed by atoms with E-state index in [0.717, 1.165) is 12.8 Å². The topological polar surface area (TPSA) is 98.2 Å². The number of hydrogen-bond donors (Lipinski definition) is 1. The number of para-hydroxylation sites is 1. The van der Waals surface area contributed by atoms with Gasteiger partial charge in [-0.3, -0.25) is 0 Å². The van der Waals surface area contributed by atoms with Crippen LogP contribution in [0.15, 0.2) is 52.7 Å². The fraction of sp³-hybridized carbons (Fsp3) is 0.348. The van der Waals surface area contributed by atoms with Crippen LogP contribution in [0.2, 0.25) is 0 Å². The number of thiazole rings is 1. The Labute approximate surface area is 197 Å². The molecule has 2 aromatic carbocycles. The van der Waals surface area contributed by atoms with Gasteiger partial charge in [-0.2, -0.15) is 4.31 Å². The number of methoxy groups -OCH3 is 2. The van der Waals surface area contributed by atoms with Crippen LogP contribution in [-0.2, 0) is 29.8 Å². The van der Waals surface area contributed by atoms with Crippen molar-refractivity contribution in [2.75, 3.05) is 14.2 Å². The van der Waals surface area contributed by atoms with Crippen molar-refractivity contribution in [3.63, 3.8) is 0 Å². The minimum atomic E-state index is -3.72. The van der Waals surface area contributed by atoms with Crippen LogP contribution < -0.4 is 14.2 Å². The zero-order chi connectivity index (χ0) is 23.4. The molecule has 10 heteroatoms. The zero-order valence-electron chi connectivity index (χ0n) is 18.4. The number of benzene rings is 2. The summed E-state index contributed by atoms with van der Waals surface area (Å²) in [6.45, 7) is 0.216. The highest BCUT2D eigenvalue weighted by atomic mass is 32.2. The first-order chi connectivity index (χ1) is 16.0. The quantitative estimate of drug-likeness (QED) is 0.439. The average molecular weight is 491 g/mol. The van der Waals surface area contributed by atoms with Crippen molar-refractivity contribution < 1.29 is 27.7 Å². The summed E-state index contributed by atoms with van der Waals surface area (Å²) in [5.41, 5.74) is 1.29. The fourth-order valence-electron chi connectivity index (χ4n) is 3.46. The fourth-order valence-corrected chi connectivity index (χ4v) is 5.82. The molecule has 8 nitrogen and oxygen atoms in total. The number of aliphatic hydroxyl groups excluding tert-OH is 1. The van der Waals surface area contributed by atoms with Gasteiger partial charge in [-0.05, 0) is 43.2 Å². The first kappa shape index (κ1) is 23.5. The monoisotopic (exact) mass is 490 g/mol. The molecular formula is C23H26N2O6S2. The van der Waals surface area contributed by atoms with Crippen LogP contribution in [0.5, 0.6) is 17.2 Å². The number of ether oxygens (including phenoxy) is 3. The van der Waals surface area contributed by atoms with Crippen LogP contribution in [0.3, 0.4) is 0 Å². The van der Waals surface area contributed by atoms with Crippen molar-refractivity contribution in [3.8, 4) is 17.2 Å². The van der Waals surface area contributed by atoms with E-state index in [1.54, 1.807) is 49.9 Å². The van der Waals surface area contributed by atoms with E-state index in [1.807, 2.05) is 12.1 Å². The Kier molecular flexibility index (Phi) is 7.18. The lowest BCUT2D eigenvalue weighted by Gasteiger charge is -2.24. The maximum Gasteiger partial charge on any atom is 0.243 e. The maximum atomic E-state index is 13.5. The Morgan fingerprint density at radius 2 is 1.88 bits per heavy atom. The molecule has 0 aliphatic heterocycles. The van der Waals surface area contributed by atoms with Gasteiger partial charge in [-0.25, -0.2) is 13.4 Å². The van der Waals surface area contributed by atoms with E-state index in [0.29, 0.717) is 33.5 Å². The molecule has 33 heavy (non-hydrogen) atoms. The predicted octanol–water partition coefficient (Wildman–Crippen LogP) is 3.58. The Morgan fingerprint density at radius 1 is 1.12 bits per heavy atom. The Balaban J connectivity index is 1.61. The van der Waals surface area contributed by atoms with E-state index in [2.05, 4.69) is 4.98 Å². The van der Waals surface area contributed by atoms with Gasteiger partial charge in [0.1, 0.15) is 17.4 Å². The molecule has 1 saturated carbocycles. The molecule has 0 unspecified atom stereocenters. The molecule has 1 aromatic heterocycles. The van der Waals surface area contributed by atoms with Crippen LogP contribution >= 0.6 is 11.3 Å². The number of aromatic nitrogens is 1. The lowest BCUT2D eigenvalue weighted by atomic mass is 10.2. The lowest BCUT2D eigenvalue weighted by Crippen LogP contribution is -2.32. The van der Waals surface area contributed by atoms with Crippen molar-refractivity contribution in [3.05, 3.63) is 64.1 Å². The second-order valence-electron chi connectivity index (χ2n) is 7.58. The number of aliphatic hydroxyl groups is 1. The molecule has 0 bridgehead atoms. The Bertz CT molecular complexity index is 1190. The third-order valence-corrected chi connectivity index (χ3v) is 8.11. The molecule has 0 atom stereocenters. The minimum absolute atomic E-state index is 0.0535. The number of sulfonamides is 1. The van der Waals surface area contributed by atoms with Crippen LogP contribution in [0.4, 0.5) is 0 Å². The Hall–Kier alpha value is -2.66. The lowest BCUT2D eigenvalue weighted by molar-refractivity contribution is 0.269. The van der Waals surface area contributed by atoms with Gasteiger partial charge in [0.05, 0.1) is 31.4 Å². The van der Waals surface area contributed by atoms with Crippen molar-refractivity contribution >= 4 is 21.4 Å². The van der Waals surface area contributed by atoms with Crippen molar-refractivity contribution in [2.24, 2.45) is 0 Å². The number of rotatable bonds is 11. The third kappa shape index (κ3) is 5.30. The first-order valence-electron chi connectivity index (χ1n) is 10.4. The molecule has 3 aromatic rings. The third-order valence-electron chi connectivity index (χ3n) is 5.33. The summed E-state index contributed by atoms with van der Waals surface area (Å²) in [7, 11) is -0.631. The second-order valence-corrected chi connectivity index (χ2v) is 10.4. The average Bonchev–Trinajstić information content (AvgIpc) is 3.57. The summed E-state index contributed by atoms with van der Waals surface area (Å²) in [5, 5.41) is 11.7. The van der Waals surface area contributed by atoms with Gasteiger partial charge in [0, 0.05) is 23.5 Å². The minimum Gasteiger partial charge on any atom is -0.497 e. The summed E-state index contributed by atoms with van der Waals surface area (Å²) >= 11 is 1.39. The second kappa shape index (κ2) is 10.1. The van der Waals surface area contributed by atoms with Gasteiger partial charge in [-0.1, -0.05) is 12.1 Å². The van der Waals surface area contributed by atoms with Gasteiger partial charge >= 0.3 is 0 Å². The SMILES string of the molecule is COc1ccc(S(=O)(=O)N(Cc2cccc(OC)c2OCc2nc(CO)cs2)C2CC2)cc1. The normalized spacial score (nSPS) is 13.8. The van der Waals surface area contributed by atoms with Gasteiger partial charge in [-0.15, -0.1) is 11.3 Å². The van der Waals surface area contributed by atoms with Gasteiger partial charge < -0.3 is 19.3 Å². The summed E-state index contributed by atoms with van der Waals surface area (Å²) in [6, 6.07) is 11.8. The molecule has 1 heterocycles. The molecule has 0 spiro atoms. The van der Waals surface area contributed by atoms with Gasteiger partial charge in [0.25, 0.3) is 0 Å². The van der Waals surface area contributed by atoms with E-state index in [4.69, 9.17) is 14.2 Å². The van der Waals surface area contributed by atoms with Gasteiger partial charge in [0.15, 0.2) is 11.5 Å². The van der Waals surface area contributed by atoms with Crippen molar-refractivity contribution in [1.82, 2.24) is 9.29 Å². The molecule has 176 valence electrons. The van der Waals surface area contributed by atoms with Gasteiger partial charge in [0.2, 0.25) is 10.0 Å². The summed E-state index contributed by atoms with van der Waals surface area (Å²) < 4.78 is 45.2. The van der Waals surface area contributed by atoms with Crippen LogP contribution in [-0.4, -0.2) is 43.1 Å². The molecule has 4 rings (SSSR count). The van der Waals surface area contributed by atoms with E-state index in [1.165, 1.54) is 15.6 Å². The van der Waals surface area contributed by atoms with Crippen LogP contribution in [0.25, 0.3) is 0 Å². The van der Waals surface area contributed by atoms with Crippen LogP contribution in [0, 0.1) is 0 Å².